The molecule has 0 aliphatic heterocycles. The maximum Gasteiger partial charge on any atom is 0.130 e. The van der Waals surface area contributed by atoms with Gasteiger partial charge in [-0.25, -0.2) is 0 Å². The number of benzene rings is 1. The minimum absolute atomic E-state index is 0.0535. The van der Waals surface area contributed by atoms with Crippen molar-refractivity contribution in [1.82, 2.24) is 0 Å². The van der Waals surface area contributed by atoms with E-state index >= 15 is 0 Å². The predicted octanol–water partition coefficient (Wildman–Crippen LogP) is 3.24. The monoisotopic (exact) mass is 326 g/mol. The van der Waals surface area contributed by atoms with E-state index in [-0.39, 0.29) is 11.5 Å². The lowest BCUT2D eigenvalue weighted by Crippen LogP contribution is -2.54. The van der Waals surface area contributed by atoms with E-state index in [1.807, 2.05) is 6.07 Å². The average Bonchev–Trinajstić information content (AvgIpc) is 2.85. The third-order valence-corrected chi connectivity index (χ3v) is 7.36. The summed E-state index contributed by atoms with van der Waals surface area (Å²) in [6.07, 6.45) is 10.3. The molecule has 0 saturated heterocycles. The fraction of sp³-hybridized carbons (Fsp3) is 0.619. The maximum absolute atomic E-state index is 11.1. The van der Waals surface area contributed by atoms with E-state index in [0.29, 0.717) is 29.9 Å². The van der Waals surface area contributed by atoms with E-state index in [1.165, 1.54) is 11.1 Å². The smallest absolute Gasteiger partial charge is 0.130 e. The van der Waals surface area contributed by atoms with Crippen LogP contribution in [-0.2, 0) is 11.2 Å². The van der Waals surface area contributed by atoms with Crippen LogP contribution in [0.2, 0.25) is 0 Å². The molecule has 0 heterocycles. The molecule has 2 saturated carbocycles. The number of phenols is 1. The molecule has 0 aromatic heterocycles. The Labute approximate surface area is 144 Å². The molecule has 3 nitrogen and oxygen atoms in total. The Hall–Kier alpha value is -1.50. The van der Waals surface area contributed by atoms with Crippen LogP contribution in [-0.4, -0.2) is 29.0 Å². The largest absolute Gasteiger partial charge is 0.508 e. The minimum atomic E-state index is -1.02. The Balaban J connectivity index is 1.80. The quantitative estimate of drug-likeness (QED) is 0.779. The molecule has 6 atom stereocenters. The zero-order chi connectivity index (χ0) is 17.1. The third kappa shape index (κ3) is 1.93. The van der Waals surface area contributed by atoms with Gasteiger partial charge in [0.1, 0.15) is 11.4 Å². The van der Waals surface area contributed by atoms with Gasteiger partial charge in [-0.1, -0.05) is 18.9 Å². The minimum Gasteiger partial charge on any atom is -0.508 e. The summed E-state index contributed by atoms with van der Waals surface area (Å²) in [6, 6.07) is 5.76. The van der Waals surface area contributed by atoms with E-state index < -0.39 is 5.60 Å². The van der Waals surface area contributed by atoms with Gasteiger partial charge < -0.3 is 14.9 Å². The summed E-state index contributed by atoms with van der Waals surface area (Å²) in [5, 5.41) is 20.9. The summed E-state index contributed by atoms with van der Waals surface area (Å²) in [5.41, 5.74) is 1.26. The lowest BCUT2D eigenvalue weighted by molar-refractivity contribution is -0.116. The zero-order valence-electron chi connectivity index (χ0n) is 14.5. The normalized spacial score (nSPS) is 43.4. The Kier molecular flexibility index (Phi) is 3.50. The highest BCUT2D eigenvalue weighted by molar-refractivity contribution is 5.41. The number of aromatic hydroxyl groups is 1. The van der Waals surface area contributed by atoms with Gasteiger partial charge >= 0.3 is 0 Å². The number of rotatable bonds is 1. The number of terminal acetylenes is 1. The van der Waals surface area contributed by atoms with Crippen LogP contribution in [0, 0.1) is 29.6 Å². The number of ether oxygens (including phenoxy) is 1. The van der Waals surface area contributed by atoms with Crippen LogP contribution in [0.3, 0.4) is 0 Å². The Morgan fingerprint density at radius 1 is 1.33 bits per heavy atom. The number of fused-ring (bicyclic) bond motifs is 5. The number of aliphatic hydroxyl groups is 1. The van der Waals surface area contributed by atoms with Gasteiger partial charge in [0.2, 0.25) is 0 Å². The van der Waals surface area contributed by atoms with Crippen LogP contribution in [0.5, 0.6) is 5.75 Å². The molecule has 0 unspecified atom stereocenters. The average molecular weight is 326 g/mol. The molecule has 128 valence electrons. The number of phenolic OH excluding ortho intramolecular Hbond substituents is 1. The second-order valence-corrected chi connectivity index (χ2v) is 8.16. The highest BCUT2D eigenvalue weighted by atomic mass is 16.5. The summed E-state index contributed by atoms with van der Waals surface area (Å²) in [5.74, 6) is 4.29. The number of hydrogen-bond donors (Lipinski definition) is 2. The Bertz CT molecular complexity index is 706. The summed E-state index contributed by atoms with van der Waals surface area (Å²) in [4.78, 5) is 0. The van der Waals surface area contributed by atoms with Gasteiger partial charge in [-0.2, -0.15) is 0 Å². The van der Waals surface area contributed by atoms with Gasteiger partial charge in [0.15, 0.2) is 0 Å². The topological polar surface area (TPSA) is 49.7 Å². The van der Waals surface area contributed by atoms with Crippen LogP contribution in [0.1, 0.15) is 49.7 Å². The summed E-state index contributed by atoms with van der Waals surface area (Å²) >= 11 is 0. The first-order valence-corrected chi connectivity index (χ1v) is 8.98. The fourth-order valence-corrected chi connectivity index (χ4v) is 6.09. The standard InChI is InChI=1S/C21H26O3/c1-4-21(23)10-9-17-16-7-5-13-11-14(22)6-8-15(13)19(16)18(24-3)12-20(17,21)2/h1,6,8,11,16-19,22-23H,5,7,9-10,12H2,2-3H3/t16-,17-,18+,19+,20-,21-/m0/s1. The zero-order valence-corrected chi connectivity index (χ0v) is 14.5. The van der Waals surface area contributed by atoms with Crippen LogP contribution >= 0.6 is 0 Å². The lowest BCUT2D eigenvalue weighted by atomic mass is 9.52. The van der Waals surface area contributed by atoms with E-state index in [9.17, 15) is 10.2 Å². The molecule has 1 aromatic carbocycles. The van der Waals surface area contributed by atoms with Crippen LogP contribution in [0.15, 0.2) is 18.2 Å². The molecule has 0 amide bonds. The molecule has 3 aliphatic rings. The van der Waals surface area contributed by atoms with Gasteiger partial charge in [-0.05, 0) is 67.2 Å². The molecule has 2 fully saturated rings. The van der Waals surface area contributed by atoms with Crippen molar-refractivity contribution in [2.75, 3.05) is 7.11 Å². The van der Waals surface area contributed by atoms with Crippen molar-refractivity contribution in [1.29, 1.82) is 0 Å². The number of methoxy groups -OCH3 is 1. The first-order valence-electron chi connectivity index (χ1n) is 8.98. The third-order valence-electron chi connectivity index (χ3n) is 7.36. The van der Waals surface area contributed by atoms with Gasteiger partial charge in [0.25, 0.3) is 0 Å². The summed E-state index contributed by atoms with van der Waals surface area (Å²) < 4.78 is 5.92. The highest BCUT2D eigenvalue weighted by Crippen LogP contribution is 2.64. The van der Waals surface area contributed by atoms with Crippen LogP contribution in [0.25, 0.3) is 0 Å². The fourth-order valence-electron chi connectivity index (χ4n) is 6.09. The Morgan fingerprint density at radius 2 is 2.12 bits per heavy atom. The van der Waals surface area contributed by atoms with Crippen molar-refractivity contribution in [3.8, 4) is 18.1 Å². The number of aryl methyl sites for hydroxylation is 1. The maximum atomic E-state index is 11.1. The molecule has 3 aliphatic carbocycles. The van der Waals surface area contributed by atoms with Gasteiger partial charge in [-0.15, -0.1) is 6.42 Å². The molecule has 4 rings (SSSR count). The van der Waals surface area contributed by atoms with E-state index in [4.69, 9.17) is 11.2 Å². The van der Waals surface area contributed by atoms with Gasteiger partial charge in [0.05, 0.1) is 6.10 Å². The van der Waals surface area contributed by atoms with Gasteiger partial charge in [0, 0.05) is 18.4 Å². The Morgan fingerprint density at radius 3 is 2.83 bits per heavy atom. The van der Waals surface area contributed by atoms with Crippen molar-refractivity contribution in [3.05, 3.63) is 29.3 Å². The second-order valence-electron chi connectivity index (χ2n) is 8.16. The summed E-state index contributed by atoms with van der Waals surface area (Å²) in [6.45, 7) is 2.17. The molecule has 0 bridgehead atoms. The molecule has 0 radical (unpaired) electrons. The van der Waals surface area contributed by atoms with Gasteiger partial charge in [-0.3, -0.25) is 0 Å². The van der Waals surface area contributed by atoms with Crippen molar-refractivity contribution in [3.63, 3.8) is 0 Å². The highest BCUT2D eigenvalue weighted by Gasteiger charge is 2.63. The first kappa shape index (κ1) is 16.0. The molecular formula is C21H26O3. The van der Waals surface area contributed by atoms with E-state index in [0.717, 1.165) is 25.7 Å². The molecule has 24 heavy (non-hydrogen) atoms. The molecule has 1 aromatic rings. The number of hydrogen-bond acceptors (Lipinski definition) is 3. The van der Waals surface area contributed by atoms with Crippen LogP contribution in [0.4, 0.5) is 0 Å². The van der Waals surface area contributed by atoms with Crippen LogP contribution < -0.4 is 0 Å². The second kappa shape index (κ2) is 5.25. The van der Waals surface area contributed by atoms with Crippen molar-refractivity contribution in [2.24, 2.45) is 17.3 Å². The van der Waals surface area contributed by atoms with E-state index in [2.05, 4.69) is 18.9 Å². The molecule has 2 N–H and O–H groups in total. The van der Waals surface area contributed by atoms with Crippen molar-refractivity contribution < 1.29 is 14.9 Å². The van der Waals surface area contributed by atoms with Crippen molar-refractivity contribution >= 4 is 0 Å². The molecule has 3 heteroatoms. The van der Waals surface area contributed by atoms with Crippen molar-refractivity contribution in [2.45, 2.75) is 56.7 Å². The predicted molar refractivity (Wildman–Crippen MR) is 92.7 cm³/mol. The molecular weight excluding hydrogens is 300 g/mol. The SMILES string of the molecule is C#C[C@]1(O)CC[C@H]2[C@@H]3CCc4cc(O)ccc4[C@H]3[C@H](OC)C[C@@]21C. The van der Waals surface area contributed by atoms with E-state index in [1.54, 1.807) is 13.2 Å². The lowest BCUT2D eigenvalue weighted by Gasteiger charge is -2.54. The first-order chi connectivity index (χ1) is 11.4. The molecule has 0 spiro atoms. The summed E-state index contributed by atoms with van der Waals surface area (Å²) in [7, 11) is 1.77.